The third-order valence-electron chi connectivity index (χ3n) is 4.48. The van der Waals surface area contributed by atoms with Gasteiger partial charge >= 0.3 is 0 Å². The van der Waals surface area contributed by atoms with Gasteiger partial charge in [-0.3, -0.25) is 0 Å². The van der Waals surface area contributed by atoms with Crippen molar-refractivity contribution in [2.75, 3.05) is 43.6 Å². The molecule has 0 saturated carbocycles. The number of nitrogens with one attached hydrogen (secondary N) is 1. The highest BCUT2D eigenvalue weighted by atomic mass is 35.5. The standard InChI is InChI=1S/C21H26Cl2N2O3/c1-14(2)28-21-12-17(22)15(10-20(21)26-3)13-24-16-4-5-19(18(23)11-16)25-6-8-27-9-7-25/h4-5,10-12,14,24H,6-9,13H2,1-3H3. The summed E-state index contributed by atoms with van der Waals surface area (Å²) in [7, 11) is 1.62. The molecule has 1 saturated heterocycles. The molecule has 3 rings (SSSR count). The highest BCUT2D eigenvalue weighted by Crippen LogP contribution is 2.35. The van der Waals surface area contributed by atoms with Gasteiger partial charge in [-0.05, 0) is 43.7 Å². The molecule has 152 valence electrons. The van der Waals surface area contributed by atoms with Crippen LogP contribution < -0.4 is 19.7 Å². The highest BCUT2D eigenvalue weighted by Gasteiger charge is 2.15. The minimum Gasteiger partial charge on any atom is -0.493 e. The molecule has 2 aromatic carbocycles. The third kappa shape index (κ3) is 5.16. The van der Waals surface area contributed by atoms with E-state index in [9.17, 15) is 0 Å². The van der Waals surface area contributed by atoms with Gasteiger partial charge < -0.3 is 24.4 Å². The summed E-state index contributed by atoms with van der Waals surface area (Å²) in [5.41, 5.74) is 2.88. The van der Waals surface area contributed by atoms with Crippen molar-refractivity contribution in [3.63, 3.8) is 0 Å². The number of methoxy groups -OCH3 is 1. The van der Waals surface area contributed by atoms with Crippen LogP contribution in [0, 0.1) is 0 Å². The average Bonchev–Trinajstić information content (AvgIpc) is 2.67. The maximum atomic E-state index is 6.51. The smallest absolute Gasteiger partial charge is 0.163 e. The van der Waals surface area contributed by atoms with Crippen LogP contribution >= 0.6 is 23.2 Å². The van der Waals surface area contributed by atoms with E-state index in [0.29, 0.717) is 23.1 Å². The second kappa shape index (κ2) is 9.59. The van der Waals surface area contributed by atoms with Crippen molar-refractivity contribution in [2.45, 2.75) is 26.5 Å². The van der Waals surface area contributed by atoms with Crippen molar-refractivity contribution in [2.24, 2.45) is 0 Å². The lowest BCUT2D eigenvalue weighted by molar-refractivity contribution is 0.122. The van der Waals surface area contributed by atoms with Gasteiger partial charge in [-0.2, -0.15) is 0 Å². The van der Waals surface area contributed by atoms with Gasteiger partial charge in [-0.15, -0.1) is 0 Å². The fourth-order valence-electron chi connectivity index (χ4n) is 3.09. The Kier molecular flexibility index (Phi) is 7.16. The van der Waals surface area contributed by atoms with Gasteiger partial charge in [-0.1, -0.05) is 23.2 Å². The second-order valence-corrected chi connectivity index (χ2v) is 7.69. The Bertz CT molecular complexity index is 808. The van der Waals surface area contributed by atoms with E-state index in [-0.39, 0.29) is 6.10 Å². The normalized spacial score (nSPS) is 14.3. The fraction of sp³-hybridized carbons (Fsp3) is 0.429. The average molecular weight is 425 g/mol. The van der Waals surface area contributed by atoms with Gasteiger partial charge in [-0.25, -0.2) is 0 Å². The zero-order valence-electron chi connectivity index (χ0n) is 16.4. The molecule has 0 aliphatic carbocycles. The Morgan fingerprint density at radius 1 is 1.07 bits per heavy atom. The first-order chi connectivity index (χ1) is 13.5. The van der Waals surface area contributed by atoms with Crippen molar-refractivity contribution in [1.82, 2.24) is 0 Å². The molecule has 2 aromatic rings. The third-order valence-corrected chi connectivity index (χ3v) is 5.13. The minimum atomic E-state index is 0.0427. The monoisotopic (exact) mass is 424 g/mol. The summed E-state index contributed by atoms with van der Waals surface area (Å²) >= 11 is 13.0. The highest BCUT2D eigenvalue weighted by molar-refractivity contribution is 6.33. The summed E-state index contributed by atoms with van der Waals surface area (Å²) in [6, 6.07) is 9.70. The van der Waals surface area contributed by atoms with Crippen molar-refractivity contribution >= 4 is 34.6 Å². The van der Waals surface area contributed by atoms with E-state index >= 15 is 0 Å². The lowest BCUT2D eigenvalue weighted by Crippen LogP contribution is -2.36. The van der Waals surface area contributed by atoms with E-state index in [0.717, 1.165) is 48.3 Å². The number of anilines is 2. The van der Waals surface area contributed by atoms with Crippen molar-refractivity contribution < 1.29 is 14.2 Å². The molecule has 1 fully saturated rings. The minimum absolute atomic E-state index is 0.0427. The molecule has 0 spiro atoms. The Hall–Kier alpha value is -1.82. The number of ether oxygens (including phenoxy) is 3. The van der Waals surface area contributed by atoms with Crippen LogP contribution in [0.1, 0.15) is 19.4 Å². The fourth-order valence-corrected chi connectivity index (χ4v) is 3.61. The molecular formula is C21H26Cl2N2O3. The summed E-state index contributed by atoms with van der Waals surface area (Å²) in [4.78, 5) is 2.24. The summed E-state index contributed by atoms with van der Waals surface area (Å²) in [6.07, 6.45) is 0.0427. The number of morpholine rings is 1. The molecule has 1 N–H and O–H groups in total. The first-order valence-corrected chi connectivity index (χ1v) is 10.1. The second-order valence-electron chi connectivity index (χ2n) is 6.88. The maximum Gasteiger partial charge on any atom is 0.163 e. The molecule has 0 amide bonds. The van der Waals surface area contributed by atoms with E-state index in [2.05, 4.69) is 10.2 Å². The summed E-state index contributed by atoms with van der Waals surface area (Å²) in [6.45, 7) is 7.64. The molecular weight excluding hydrogens is 399 g/mol. The summed E-state index contributed by atoms with van der Waals surface area (Å²) in [5, 5.41) is 4.72. The van der Waals surface area contributed by atoms with E-state index in [1.165, 1.54) is 0 Å². The van der Waals surface area contributed by atoms with Crippen LogP contribution in [0.25, 0.3) is 0 Å². The molecule has 0 atom stereocenters. The summed E-state index contributed by atoms with van der Waals surface area (Å²) < 4.78 is 16.6. The number of hydrogen-bond acceptors (Lipinski definition) is 5. The number of hydrogen-bond donors (Lipinski definition) is 1. The van der Waals surface area contributed by atoms with E-state index < -0.39 is 0 Å². The van der Waals surface area contributed by atoms with Gasteiger partial charge in [0.05, 0.1) is 37.1 Å². The molecule has 0 unspecified atom stereocenters. The van der Waals surface area contributed by atoms with Gasteiger partial charge in [0, 0.05) is 36.4 Å². The topological polar surface area (TPSA) is 43.0 Å². The number of rotatable bonds is 7. The predicted octanol–water partition coefficient (Wildman–Crippen LogP) is 5.24. The molecule has 5 nitrogen and oxygen atoms in total. The quantitative estimate of drug-likeness (QED) is 0.658. The number of benzene rings is 2. The van der Waals surface area contributed by atoms with E-state index in [4.69, 9.17) is 37.4 Å². The SMILES string of the molecule is COc1cc(CNc2ccc(N3CCOCC3)c(Cl)c2)c(Cl)cc1OC(C)C. The molecule has 0 aromatic heterocycles. The van der Waals surface area contributed by atoms with Crippen LogP contribution in [0.2, 0.25) is 10.0 Å². The van der Waals surface area contributed by atoms with Crippen molar-refractivity contribution in [3.8, 4) is 11.5 Å². The molecule has 0 bridgehead atoms. The van der Waals surface area contributed by atoms with Crippen LogP contribution in [-0.2, 0) is 11.3 Å². The molecule has 0 radical (unpaired) electrons. The number of nitrogens with zero attached hydrogens (tertiary/aromatic N) is 1. The van der Waals surface area contributed by atoms with Gasteiger partial charge in [0.1, 0.15) is 0 Å². The molecule has 1 heterocycles. The Labute approximate surface area is 176 Å². The Balaban J connectivity index is 1.70. The predicted molar refractivity (Wildman–Crippen MR) is 116 cm³/mol. The molecule has 28 heavy (non-hydrogen) atoms. The first-order valence-electron chi connectivity index (χ1n) is 9.37. The number of halogens is 2. The van der Waals surface area contributed by atoms with Crippen molar-refractivity contribution in [3.05, 3.63) is 45.9 Å². The van der Waals surface area contributed by atoms with Crippen LogP contribution in [0.3, 0.4) is 0 Å². The van der Waals surface area contributed by atoms with Gasteiger partial charge in [0.15, 0.2) is 11.5 Å². The van der Waals surface area contributed by atoms with Crippen LogP contribution in [0.5, 0.6) is 11.5 Å². The largest absolute Gasteiger partial charge is 0.493 e. The first kappa shape index (κ1) is 20.9. The molecule has 1 aliphatic rings. The molecule has 1 aliphatic heterocycles. The lowest BCUT2D eigenvalue weighted by atomic mass is 10.1. The maximum absolute atomic E-state index is 6.51. The van der Waals surface area contributed by atoms with Gasteiger partial charge in [0.2, 0.25) is 0 Å². The van der Waals surface area contributed by atoms with Crippen molar-refractivity contribution in [1.29, 1.82) is 0 Å². The van der Waals surface area contributed by atoms with E-state index in [1.54, 1.807) is 13.2 Å². The van der Waals surface area contributed by atoms with Crippen LogP contribution in [0.4, 0.5) is 11.4 Å². The van der Waals surface area contributed by atoms with Gasteiger partial charge in [0.25, 0.3) is 0 Å². The molecule has 7 heteroatoms. The van der Waals surface area contributed by atoms with Crippen LogP contribution in [-0.4, -0.2) is 39.5 Å². The Morgan fingerprint density at radius 2 is 1.82 bits per heavy atom. The summed E-state index contributed by atoms with van der Waals surface area (Å²) in [5.74, 6) is 1.31. The lowest BCUT2D eigenvalue weighted by Gasteiger charge is -2.29. The van der Waals surface area contributed by atoms with E-state index in [1.807, 2.05) is 38.1 Å². The van der Waals surface area contributed by atoms with Crippen LogP contribution in [0.15, 0.2) is 30.3 Å². The Morgan fingerprint density at radius 3 is 2.46 bits per heavy atom. The zero-order chi connectivity index (χ0) is 20.1. The zero-order valence-corrected chi connectivity index (χ0v) is 17.9.